The van der Waals surface area contributed by atoms with Gasteiger partial charge in [-0.15, -0.1) is 0 Å². The van der Waals surface area contributed by atoms with Crippen LogP contribution in [-0.4, -0.2) is 100 Å². The minimum atomic E-state index is -0.954. The second-order valence-electron chi connectivity index (χ2n) is 19.7. The van der Waals surface area contributed by atoms with E-state index < -0.39 is 35.4 Å². The van der Waals surface area contributed by atoms with E-state index in [1.54, 1.807) is 48.9 Å². The number of amides is 4. The van der Waals surface area contributed by atoms with Gasteiger partial charge in [0.15, 0.2) is 0 Å². The minimum Gasteiger partial charge on any atom is -0.489 e. The quantitative estimate of drug-likeness (QED) is 0.0626. The topological polar surface area (TPSA) is 208 Å². The lowest BCUT2D eigenvalue weighted by molar-refractivity contribution is -0.164. The third-order valence-electron chi connectivity index (χ3n) is 12.7. The molecule has 0 bridgehead atoms. The van der Waals surface area contributed by atoms with Crippen LogP contribution in [0.5, 0.6) is 5.75 Å². The monoisotopic (exact) mass is 934 g/mol. The van der Waals surface area contributed by atoms with E-state index in [2.05, 4.69) is 65.0 Å². The number of halogens is 1. The summed E-state index contributed by atoms with van der Waals surface area (Å²) in [6.45, 7) is 14.8. The summed E-state index contributed by atoms with van der Waals surface area (Å²) in [7, 11) is 0. The van der Waals surface area contributed by atoms with E-state index in [9.17, 15) is 29.5 Å². The maximum Gasteiger partial charge on any atom is 0.251 e. The molecular formula is C51H63ClN8O7. The average molecular weight is 936 g/mol. The number of nitriles is 1. The number of rotatable bonds is 19. The molecule has 16 heteroatoms. The number of carbonyl (C=O) groups excluding carboxylic acids is 4. The minimum absolute atomic E-state index is 0.0179. The third-order valence-corrected chi connectivity index (χ3v) is 13.0. The van der Waals surface area contributed by atoms with Crippen LogP contribution in [0.1, 0.15) is 95.6 Å². The van der Waals surface area contributed by atoms with E-state index in [-0.39, 0.29) is 60.9 Å². The predicted molar refractivity (Wildman–Crippen MR) is 256 cm³/mol. The predicted octanol–water partition coefficient (Wildman–Crippen LogP) is 6.69. The molecule has 4 amide bonds. The van der Waals surface area contributed by atoms with Crippen LogP contribution in [0.3, 0.4) is 0 Å². The fraction of sp³-hybridized carbons (Fsp3) is 0.471. The zero-order chi connectivity index (χ0) is 48.5. The summed E-state index contributed by atoms with van der Waals surface area (Å²) in [6.07, 6.45) is 6.35. The van der Waals surface area contributed by atoms with Gasteiger partial charge in [0.1, 0.15) is 36.6 Å². The Kier molecular flexibility index (Phi) is 16.3. The lowest BCUT2D eigenvalue weighted by Crippen LogP contribution is -2.74. The highest BCUT2D eigenvalue weighted by atomic mass is 35.5. The zero-order valence-electron chi connectivity index (χ0n) is 39.4. The number of benzene rings is 3. The summed E-state index contributed by atoms with van der Waals surface area (Å²) in [5.74, 6) is -0.852. The van der Waals surface area contributed by atoms with Crippen LogP contribution in [0.4, 0.5) is 5.69 Å². The Morgan fingerprint density at radius 3 is 2.33 bits per heavy atom. The Hall–Kier alpha value is -6.08. The number of aromatic nitrogens is 2. The van der Waals surface area contributed by atoms with E-state index in [0.717, 1.165) is 41.8 Å². The Balaban J connectivity index is 0.877. The number of aliphatic hydroxyl groups excluding tert-OH is 1. The largest absolute Gasteiger partial charge is 0.489 e. The van der Waals surface area contributed by atoms with E-state index in [1.807, 2.05) is 57.2 Å². The first kappa shape index (κ1) is 50.3. The fourth-order valence-electron chi connectivity index (χ4n) is 9.32. The summed E-state index contributed by atoms with van der Waals surface area (Å²) in [5, 5.41) is 32.5. The highest BCUT2D eigenvalue weighted by Crippen LogP contribution is 2.55. The lowest BCUT2D eigenvalue weighted by atomic mass is 9.49. The van der Waals surface area contributed by atoms with Crippen molar-refractivity contribution in [3.8, 4) is 23.1 Å². The van der Waals surface area contributed by atoms with Gasteiger partial charge in [-0.2, -0.15) is 5.26 Å². The third kappa shape index (κ3) is 12.5. The van der Waals surface area contributed by atoms with Crippen molar-refractivity contribution in [3.63, 3.8) is 0 Å². The molecule has 2 fully saturated rings. The highest BCUT2D eigenvalue weighted by Gasteiger charge is 2.64. The Labute approximate surface area is 398 Å². The molecule has 67 heavy (non-hydrogen) atoms. The van der Waals surface area contributed by atoms with Gasteiger partial charge in [-0.05, 0) is 66.6 Å². The Morgan fingerprint density at radius 2 is 1.69 bits per heavy atom. The van der Waals surface area contributed by atoms with Crippen LogP contribution in [-0.2, 0) is 25.7 Å². The molecule has 15 nitrogen and oxygen atoms in total. The summed E-state index contributed by atoms with van der Waals surface area (Å²) < 4.78 is 12.0. The number of likely N-dealkylation sites (tertiary alicyclic amines) is 1. The number of hydrogen-bond acceptors (Lipinski definition) is 11. The van der Waals surface area contributed by atoms with Crippen LogP contribution in [0.15, 0.2) is 85.3 Å². The van der Waals surface area contributed by atoms with Crippen LogP contribution < -0.4 is 26.0 Å². The maximum absolute atomic E-state index is 14.0. The molecule has 5 N–H and O–H groups in total. The summed E-state index contributed by atoms with van der Waals surface area (Å²) in [5.41, 5.74) is 2.87. The van der Waals surface area contributed by atoms with Gasteiger partial charge in [-0.1, -0.05) is 84.3 Å². The van der Waals surface area contributed by atoms with Crippen molar-refractivity contribution >= 4 is 40.9 Å². The second kappa shape index (κ2) is 21.7. The number of anilines is 1. The van der Waals surface area contributed by atoms with Gasteiger partial charge in [0.05, 0.1) is 28.6 Å². The number of hydrogen-bond donors (Lipinski definition) is 5. The molecule has 4 aromatic rings. The van der Waals surface area contributed by atoms with Crippen molar-refractivity contribution in [2.24, 2.45) is 16.2 Å². The molecule has 3 aromatic carbocycles. The van der Waals surface area contributed by atoms with Gasteiger partial charge in [-0.25, -0.2) is 0 Å². The molecule has 1 saturated heterocycles. The first-order valence-corrected chi connectivity index (χ1v) is 23.2. The van der Waals surface area contributed by atoms with Crippen molar-refractivity contribution < 1.29 is 33.8 Å². The van der Waals surface area contributed by atoms with E-state index in [4.69, 9.17) is 21.1 Å². The molecular weight excluding hydrogens is 872 g/mol. The van der Waals surface area contributed by atoms with Crippen LogP contribution in [0.2, 0.25) is 5.02 Å². The molecule has 1 aromatic heterocycles. The van der Waals surface area contributed by atoms with Crippen molar-refractivity contribution in [2.45, 2.75) is 111 Å². The van der Waals surface area contributed by atoms with Gasteiger partial charge < -0.3 is 40.7 Å². The summed E-state index contributed by atoms with van der Waals surface area (Å²) in [4.78, 5) is 63.6. The number of carbonyl (C=O) groups is 4. The molecule has 2 aliphatic rings. The standard InChI is InChI=1S/C51H63ClN8O7/c1-49(2,3)43(46(65)60-30-37(61)25-41(60)45(64)57-28-32-11-13-33(14-12-32)40-29-54-22-23-56-40)58-42(62)31-66-24-10-8-9-21-55-36-18-15-34(16-19-36)44(63)59-47-50(4,5)48(51(47,6)7)67-38-20-17-35(27-53)39(52)26-38/h11-20,22-23,26,29,37,41,43,47-48,55,61H,8-10,21,24-25,28,30-31H2,1-7H3,(H,57,64)(H,58,62)(H,59,63)/t37-,41+,43-,47-,48-/m1/s1. The highest BCUT2D eigenvalue weighted by molar-refractivity contribution is 6.31. The average Bonchev–Trinajstić information content (AvgIpc) is 3.70. The molecule has 1 aliphatic carbocycles. The van der Waals surface area contributed by atoms with Gasteiger partial charge >= 0.3 is 0 Å². The summed E-state index contributed by atoms with van der Waals surface area (Å²) >= 11 is 6.24. The zero-order valence-corrected chi connectivity index (χ0v) is 40.2. The normalized spacial score (nSPS) is 19.9. The number of β-amino-alcohol motifs (C(OH)–C–C–N with tert-alkyl or cyclic N) is 1. The van der Waals surface area contributed by atoms with E-state index in [1.165, 1.54) is 4.90 Å². The number of ether oxygens (including phenoxy) is 2. The second-order valence-corrected chi connectivity index (χ2v) is 20.1. The van der Waals surface area contributed by atoms with Crippen molar-refractivity contribution in [1.82, 2.24) is 30.8 Å². The van der Waals surface area contributed by atoms with E-state index in [0.29, 0.717) is 35.1 Å². The first-order valence-electron chi connectivity index (χ1n) is 22.8. The molecule has 0 unspecified atom stereocenters. The maximum atomic E-state index is 14.0. The smallest absolute Gasteiger partial charge is 0.251 e. The molecule has 1 aliphatic heterocycles. The van der Waals surface area contributed by atoms with Crippen LogP contribution in [0.25, 0.3) is 11.3 Å². The van der Waals surface area contributed by atoms with Crippen molar-refractivity contribution in [1.29, 1.82) is 5.26 Å². The molecule has 0 spiro atoms. The van der Waals surface area contributed by atoms with Crippen molar-refractivity contribution in [3.05, 3.63) is 107 Å². The molecule has 356 valence electrons. The molecule has 0 radical (unpaired) electrons. The Bertz CT molecular complexity index is 2390. The van der Waals surface area contributed by atoms with Gasteiger partial charge in [0.25, 0.3) is 5.91 Å². The van der Waals surface area contributed by atoms with Gasteiger partial charge in [-0.3, -0.25) is 29.1 Å². The van der Waals surface area contributed by atoms with Crippen LogP contribution in [0, 0.1) is 27.6 Å². The number of aliphatic hydroxyl groups is 1. The fourth-order valence-corrected chi connectivity index (χ4v) is 9.54. The number of nitrogens with zero attached hydrogens (tertiary/aromatic N) is 4. The van der Waals surface area contributed by atoms with Crippen molar-refractivity contribution in [2.75, 3.05) is 31.6 Å². The first-order chi connectivity index (χ1) is 31.8. The van der Waals surface area contributed by atoms with Gasteiger partial charge in [0, 0.05) is 84.8 Å². The van der Waals surface area contributed by atoms with E-state index >= 15 is 0 Å². The summed E-state index contributed by atoms with van der Waals surface area (Å²) in [6, 6.07) is 20.0. The number of nitrogens with one attached hydrogen (secondary N) is 4. The number of unbranched alkanes of at least 4 members (excludes halogenated alkanes) is 2. The SMILES string of the molecule is CC(C)(C)[C@H](NC(=O)COCCCCCNc1ccc(C(=O)N[C@H]2C(C)(C)[C@H](Oc3ccc(C#N)c(Cl)c3)C2(C)C)cc1)C(=O)N1C[C@H](O)C[C@H]1C(=O)NCc1ccc(-c2cnccn2)cc1. The lowest BCUT2D eigenvalue weighted by Gasteiger charge is -2.63. The van der Waals surface area contributed by atoms with Gasteiger partial charge in [0.2, 0.25) is 17.7 Å². The molecule has 2 heterocycles. The van der Waals surface area contributed by atoms with Crippen LogP contribution >= 0.6 is 11.6 Å². The molecule has 6 rings (SSSR count). The molecule has 3 atom stereocenters. The Morgan fingerprint density at radius 1 is 0.970 bits per heavy atom. The molecule has 1 saturated carbocycles.